The first-order chi connectivity index (χ1) is 9.41. The average Bonchev–Trinajstić information content (AvgIpc) is 2.47. The second-order valence-corrected chi connectivity index (χ2v) is 4.54. The van der Waals surface area contributed by atoms with Crippen LogP contribution in [0.15, 0.2) is 12.1 Å². The van der Waals surface area contributed by atoms with Crippen LogP contribution in [0.1, 0.15) is 20.3 Å². The highest BCUT2D eigenvalue weighted by Gasteiger charge is 2.31. The van der Waals surface area contributed by atoms with Crippen LogP contribution in [0.25, 0.3) is 0 Å². The number of hydrogen-bond donors (Lipinski definition) is 2. The van der Waals surface area contributed by atoms with Gasteiger partial charge in [-0.1, -0.05) is 6.92 Å². The lowest BCUT2D eigenvalue weighted by molar-refractivity contribution is -0.136. The van der Waals surface area contributed by atoms with Crippen LogP contribution in [0, 0.1) is 0 Å². The van der Waals surface area contributed by atoms with Crippen LogP contribution in [0.2, 0.25) is 0 Å². The molecule has 20 heavy (non-hydrogen) atoms. The summed E-state index contributed by atoms with van der Waals surface area (Å²) < 4.78 is 15.6. The number of ether oxygens (including phenoxy) is 3. The number of nitrogen functional groups attached to an aromatic ring is 1. The van der Waals surface area contributed by atoms with E-state index in [2.05, 4.69) is 5.32 Å². The number of carbonyl (C=O) groups excluding carboxylic acids is 1. The number of anilines is 2. The van der Waals surface area contributed by atoms with Crippen LogP contribution in [0.4, 0.5) is 11.4 Å². The van der Waals surface area contributed by atoms with Gasteiger partial charge in [0.15, 0.2) is 11.5 Å². The molecule has 0 bridgehead atoms. The fourth-order valence-corrected chi connectivity index (χ4v) is 1.66. The molecule has 0 heterocycles. The van der Waals surface area contributed by atoms with Crippen LogP contribution in [-0.2, 0) is 9.53 Å². The zero-order valence-corrected chi connectivity index (χ0v) is 12.6. The SMILES string of the molecule is CCC(C)(OC)C(=O)Nc1cc(OC)c(OC)cc1N. The zero-order valence-electron chi connectivity index (χ0n) is 12.6. The highest BCUT2D eigenvalue weighted by molar-refractivity contribution is 5.99. The molecule has 1 atom stereocenters. The molecule has 0 aliphatic heterocycles. The number of amides is 1. The van der Waals surface area contributed by atoms with Gasteiger partial charge in [0.1, 0.15) is 5.60 Å². The van der Waals surface area contributed by atoms with Crippen molar-refractivity contribution >= 4 is 17.3 Å². The number of methoxy groups -OCH3 is 3. The third kappa shape index (κ3) is 3.14. The molecule has 0 radical (unpaired) electrons. The standard InChI is InChI=1S/C14H22N2O4/c1-6-14(2,20-5)13(17)16-10-8-12(19-4)11(18-3)7-9(10)15/h7-8H,6,15H2,1-5H3,(H,16,17). The van der Waals surface area contributed by atoms with Crippen molar-refractivity contribution in [2.75, 3.05) is 32.4 Å². The molecule has 1 aromatic carbocycles. The van der Waals surface area contributed by atoms with Crippen LogP contribution < -0.4 is 20.5 Å². The molecule has 1 amide bonds. The lowest BCUT2D eigenvalue weighted by atomic mass is 10.0. The second kappa shape index (κ2) is 6.47. The summed E-state index contributed by atoms with van der Waals surface area (Å²) in [7, 11) is 4.54. The minimum absolute atomic E-state index is 0.263. The number of benzene rings is 1. The van der Waals surface area contributed by atoms with Crippen molar-refractivity contribution in [3.63, 3.8) is 0 Å². The van der Waals surface area contributed by atoms with Crippen molar-refractivity contribution in [1.29, 1.82) is 0 Å². The van der Waals surface area contributed by atoms with Crippen LogP contribution in [0.5, 0.6) is 11.5 Å². The molecule has 0 spiro atoms. The van der Waals surface area contributed by atoms with E-state index in [-0.39, 0.29) is 5.91 Å². The third-order valence-corrected chi connectivity index (χ3v) is 3.41. The van der Waals surface area contributed by atoms with Gasteiger partial charge in [0.25, 0.3) is 5.91 Å². The summed E-state index contributed by atoms with van der Waals surface area (Å²) in [5.74, 6) is 0.738. The van der Waals surface area contributed by atoms with E-state index in [1.165, 1.54) is 21.3 Å². The van der Waals surface area contributed by atoms with Gasteiger partial charge in [0, 0.05) is 19.2 Å². The Morgan fingerprint density at radius 1 is 1.25 bits per heavy atom. The molecule has 112 valence electrons. The Hall–Kier alpha value is -1.95. The molecule has 6 nitrogen and oxygen atoms in total. The Morgan fingerprint density at radius 2 is 1.80 bits per heavy atom. The number of hydrogen-bond acceptors (Lipinski definition) is 5. The molecule has 0 saturated carbocycles. The van der Waals surface area contributed by atoms with Crippen molar-refractivity contribution in [3.8, 4) is 11.5 Å². The van der Waals surface area contributed by atoms with Crippen LogP contribution in [-0.4, -0.2) is 32.8 Å². The Kier molecular flexibility index (Phi) is 5.21. The molecular weight excluding hydrogens is 260 g/mol. The van der Waals surface area contributed by atoms with Gasteiger partial charge in [-0.15, -0.1) is 0 Å². The van der Waals surface area contributed by atoms with Gasteiger partial charge in [0.2, 0.25) is 0 Å². The lowest BCUT2D eigenvalue weighted by Gasteiger charge is -2.25. The molecule has 0 aromatic heterocycles. The molecular formula is C14H22N2O4. The van der Waals surface area contributed by atoms with Crippen molar-refractivity contribution in [3.05, 3.63) is 12.1 Å². The predicted molar refractivity (Wildman–Crippen MR) is 78.3 cm³/mol. The Bertz CT molecular complexity index is 484. The van der Waals surface area contributed by atoms with E-state index in [0.717, 1.165) is 0 Å². The minimum Gasteiger partial charge on any atom is -0.493 e. The quantitative estimate of drug-likeness (QED) is 0.780. The normalized spacial score (nSPS) is 13.4. The zero-order chi connectivity index (χ0) is 15.3. The molecule has 1 rings (SSSR count). The number of nitrogens with one attached hydrogen (secondary N) is 1. The molecule has 0 aliphatic rings. The summed E-state index contributed by atoms with van der Waals surface area (Å²) in [6.45, 7) is 3.60. The Balaban J connectivity index is 3.07. The maximum absolute atomic E-state index is 12.2. The summed E-state index contributed by atoms with van der Waals surface area (Å²) in [6.07, 6.45) is 0.544. The molecule has 3 N–H and O–H groups in total. The van der Waals surface area contributed by atoms with Gasteiger partial charge in [-0.25, -0.2) is 0 Å². The molecule has 1 aromatic rings. The number of nitrogens with two attached hydrogens (primary N) is 1. The largest absolute Gasteiger partial charge is 0.493 e. The Morgan fingerprint density at radius 3 is 2.25 bits per heavy atom. The summed E-state index contributed by atoms with van der Waals surface area (Å²) in [4.78, 5) is 12.2. The summed E-state index contributed by atoms with van der Waals surface area (Å²) in [5, 5.41) is 2.75. The van der Waals surface area contributed by atoms with E-state index in [9.17, 15) is 4.79 Å². The van der Waals surface area contributed by atoms with Crippen molar-refractivity contribution < 1.29 is 19.0 Å². The van der Waals surface area contributed by atoms with Gasteiger partial charge < -0.3 is 25.3 Å². The van der Waals surface area contributed by atoms with E-state index in [1.54, 1.807) is 19.1 Å². The smallest absolute Gasteiger partial charge is 0.256 e. The predicted octanol–water partition coefficient (Wildman–Crippen LogP) is 2.04. The number of carbonyl (C=O) groups is 1. The fraction of sp³-hybridized carbons (Fsp3) is 0.500. The molecule has 1 unspecified atom stereocenters. The first-order valence-corrected chi connectivity index (χ1v) is 6.30. The summed E-state index contributed by atoms with van der Waals surface area (Å²) in [6, 6.07) is 3.22. The fourth-order valence-electron chi connectivity index (χ4n) is 1.66. The van der Waals surface area contributed by atoms with E-state index < -0.39 is 5.60 Å². The second-order valence-electron chi connectivity index (χ2n) is 4.54. The molecule has 6 heteroatoms. The first-order valence-electron chi connectivity index (χ1n) is 6.30. The van der Waals surface area contributed by atoms with E-state index >= 15 is 0 Å². The van der Waals surface area contributed by atoms with Crippen LogP contribution >= 0.6 is 0 Å². The monoisotopic (exact) mass is 282 g/mol. The maximum Gasteiger partial charge on any atom is 0.256 e. The maximum atomic E-state index is 12.2. The topological polar surface area (TPSA) is 82.8 Å². The van der Waals surface area contributed by atoms with Crippen LogP contribution in [0.3, 0.4) is 0 Å². The molecule has 0 saturated heterocycles. The third-order valence-electron chi connectivity index (χ3n) is 3.41. The van der Waals surface area contributed by atoms with E-state index in [1.807, 2.05) is 6.92 Å². The Labute approximate surface area is 119 Å². The van der Waals surface area contributed by atoms with Gasteiger partial charge in [-0.05, 0) is 13.3 Å². The summed E-state index contributed by atoms with van der Waals surface area (Å²) in [5.41, 5.74) is 5.86. The van der Waals surface area contributed by atoms with Gasteiger partial charge >= 0.3 is 0 Å². The highest BCUT2D eigenvalue weighted by Crippen LogP contribution is 2.35. The van der Waals surface area contributed by atoms with Crippen molar-refractivity contribution in [2.24, 2.45) is 0 Å². The molecule has 0 aliphatic carbocycles. The average molecular weight is 282 g/mol. The van der Waals surface area contributed by atoms with E-state index in [4.69, 9.17) is 19.9 Å². The van der Waals surface area contributed by atoms with Gasteiger partial charge in [-0.2, -0.15) is 0 Å². The summed E-state index contributed by atoms with van der Waals surface area (Å²) >= 11 is 0. The van der Waals surface area contributed by atoms with Gasteiger partial charge in [-0.3, -0.25) is 4.79 Å². The first kappa shape index (κ1) is 16.1. The van der Waals surface area contributed by atoms with E-state index in [0.29, 0.717) is 29.3 Å². The lowest BCUT2D eigenvalue weighted by Crippen LogP contribution is -2.41. The number of rotatable bonds is 6. The van der Waals surface area contributed by atoms with Gasteiger partial charge in [0.05, 0.1) is 25.6 Å². The highest BCUT2D eigenvalue weighted by atomic mass is 16.5. The molecule has 0 fully saturated rings. The van der Waals surface area contributed by atoms with Crippen molar-refractivity contribution in [2.45, 2.75) is 25.9 Å². The van der Waals surface area contributed by atoms with Crippen molar-refractivity contribution in [1.82, 2.24) is 0 Å². The minimum atomic E-state index is -0.903.